The molecular formula is C24H30F4N4O. The second-order valence-electron chi connectivity index (χ2n) is 9.59. The van der Waals surface area contributed by atoms with Crippen LogP contribution in [0.1, 0.15) is 44.1 Å². The highest BCUT2D eigenvalue weighted by molar-refractivity contribution is 5.82. The fourth-order valence-electron chi connectivity index (χ4n) is 5.04. The van der Waals surface area contributed by atoms with Crippen LogP contribution in [0.2, 0.25) is 0 Å². The van der Waals surface area contributed by atoms with Gasteiger partial charge in [0.2, 0.25) is 5.91 Å². The number of benzene rings is 1. The lowest BCUT2D eigenvalue weighted by molar-refractivity contribution is -0.137. The van der Waals surface area contributed by atoms with E-state index in [-0.39, 0.29) is 29.5 Å². The summed E-state index contributed by atoms with van der Waals surface area (Å²) in [6.45, 7) is 3.32. The van der Waals surface area contributed by atoms with Gasteiger partial charge in [-0.15, -0.1) is 0 Å². The van der Waals surface area contributed by atoms with E-state index in [1.54, 1.807) is 4.90 Å². The van der Waals surface area contributed by atoms with Gasteiger partial charge < -0.3 is 10.2 Å². The van der Waals surface area contributed by atoms with E-state index in [4.69, 9.17) is 5.26 Å². The second kappa shape index (κ2) is 9.88. The molecule has 1 aliphatic heterocycles. The number of halogens is 4. The smallest absolute Gasteiger partial charge is 0.367 e. The Labute approximate surface area is 191 Å². The van der Waals surface area contributed by atoms with Crippen molar-refractivity contribution in [3.05, 3.63) is 29.6 Å². The van der Waals surface area contributed by atoms with Gasteiger partial charge in [-0.25, -0.2) is 4.39 Å². The van der Waals surface area contributed by atoms with E-state index in [0.29, 0.717) is 38.5 Å². The number of nitriles is 1. The Morgan fingerprint density at radius 3 is 2.42 bits per heavy atom. The van der Waals surface area contributed by atoms with Gasteiger partial charge in [0.05, 0.1) is 29.2 Å². The summed E-state index contributed by atoms with van der Waals surface area (Å²) in [6, 6.07) is 4.95. The molecule has 4 rings (SSSR count). The van der Waals surface area contributed by atoms with Crippen molar-refractivity contribution in [3.63, 3.8) is 0 Å². The van der Waals surface area contributed by atoms with Crippen molar-refractivity contribution in [1.82, 2.24) is 10.2 Å². The van der Waals surface area contributed by atoms with Gasteiger partial charge in [-0.3, -0.25) is 9.69 Å². The first-order valence-electron chi connectivity index (χ1n) is 11.8. The zero-order chi connectivity index (χ0) is 23.6. The molecule has 3 fully saturated rings. The average molecular weight is 467 g/mol. The van der Waals surface area contributed by atoms with Crippen molar-refractivity contribution in [2.24, 2.45) is 17.8 Å². The first-order chi connectivity index (χ1) is 15.7. The fraction of sp³-hybridized carbons (Fsp3) is 0.667. The van der Waals surface area contributed by atoms with E-state index in [9.17, 15) is 22.4 Å². The largest absolute Gasteiger partial charge is 0.416 e. The predicted octanol–water partition coefficient (Wildman–Crippen LogP) is 4.19. The molecule has 0 radical (unpaired) electrons. The molecule has 1 N–H and O–H groups in total. The van der Waals surface area contributed by atoms with Gasteiger partial charge in [0.1, 0.15) is 5.82 Å². The lowest BCUT2D eigenvalue weighted by Crippen LogP contribution is -2.47. The SMILES string of the molecule is N#CC1CC1C(=O)N[C@H]1CC[C@H](CCN2CCN(c3cc(C(F)(F)F)ccc3F)CC2)CC1. The number of alkyl halides is 3. The first kappa shape index (κ1) is 23.8. The van der Waals surface area contributed by atoms with E-state index < -0.39 is 17.6 Å². The van der Waals surface area contributed by atoms with Gasteiger partial charge in [-0.05, 0) is 69.2 Å². The van der Waals surface area contributed by atoms with Gasteiger partial charge in [0.25, 0.3) is 0 Å². The molecule has 5 nitrogen and oxygen atoms in total. The van der Waals surface area contributed by atoms with Crippen molar-refractivity contribution in [1.29, 1.82) is 5.26 Å². The van der Waals surface area contributed by atoms with Crippen LogP contribution in [-0.4, -0.2) is 49.6 Å². The van der Waals surface area contributed by atoms with Crippen LogP contribution in [-0.2, 0) is 11.0 Å². The number of carbonyl (C=O) groups excluding carboxylic acids is 1. The lowest BCUT2D eigenvalue weighted by atomic mass is 9.84. The Bertz CT molecular complexity index is 883. The zero-order valence-corrected chi connectivity index (χ0v) is 18.6. The summed E-state index contributed by atoms with van der Waals surface area (Å²) in [5, 5.41) is 12.0. The van der Waals surface area contributed by atoms with Crippen LogP contribution in [0, 0.1) is 34.9 Å². The lowest BCUT2D eigenvalue weighted by Gasteiger charge is -2.37. The minimum atomic E-state index is -4.48. The molecule has 2 atom stereocenters. The monoisotopic (exact) mass is 466 g/mol. The molecule has 2 saturated carbocycles. The van der Waals surface area contributed by atoms with E-state index in [1.807, 2.05) is 0 Å². The number of amides is 1. The highest BCUT2D eigenvalue weighted by Gasteiger charge is 2.44. The standard InChI is InChI=1S/C24H30F4N4O/c25-21-6-3-18(24(26,27)28)14-22(21)32-11-9-31(10-12-32)8-7-16-1-4-19(5-2-16)30-23(33)20-13-17(20)15-29/h3,6,14,16-17,19-20H,1-2,4-5,7-13H2,(H,30,33)/t16-,17?,19-,20?. The van der Waals surface area contributed by atoms with Crippen molar-refractivity contribution in [2.45, 2.75) is 50.7 Å². The van der Waals surface area contributed by atoms with E-state index in [0.717, 1.165) is 56.8 Å². The summed E-state index contributed by atoms with van der Waals surface area (Å²) in [6.07, 6.45) is 1.30. The van der Waals surface area contributed by atoms with Gasteiger partial charge >= 0.3 is 6.18 Å². The zero-order valence-electron chi connectivity index (χ0n) is 18.6. The van der Waals surface area contributed by atoms with E-state index in [1.165, 1.54) is 0 Å². The van der Waals surface area contributed by atoms with Crippen LogP contribution in [0.25, 0.3) is 0 Å². The molecule has 1 saturated heterocycles. The number of rotatable bonds is 6. The minimum Gasteiger partial charge on any atom is -0.367 e. The summed E-state index contributed by atoms with van der Waals surface area (Å²) >= 11 is 0. The van der Waals surface area contributed by atoms with Crippen molar-refractivity contribution in [3.8, 4) is 6.07 Å². The Balaban J connectivity index is 1.17. The van der Waals surface area contributed by atoms with Gasteiger partial charge in [-0.2, -0.15) is 18.4 Å². The van der Waals surface area contributed by atoms with Crippen molar-refractivity contribution < 1.29 is 22.4 Å². The molecule has 33 heavy (non-hydrogen) atoms. The highest BCUT2D eigenvalue weighted by Crippen LogP contribution is 2.38. The maximum atomic E-state index is 14.2. The van der Waals surface area contributed by atoms with Crippen LogP contribution in [0.15, 0.2) is 18.2 Å². The fourth-order valence-corrected chi connectivity index (χ4v) is 5.04. The van der Waals surface area contributed by atoms with Crippen LogP contribution < -0.4 is 10.2 Å². The van der Waals surface area contributed by atoms with Gasteiger partial charge in [0.15, 0.2) is 0 Å². The molecule has 1 aromatic carbocycles. The number of hydrogen-bond acceptors (Lipinski definition) is 4. The summed E-state index contributed by atoms with van der Waals surface area (Å²) < 4.78 is 53.1. The second-order valence-corrected chi connectivity index (χ2v) is 9.59. The predicted molar refractivity (Wildman–Crippen MR) is 116 cm³/mol. The number of carbonyl (C=O) groups is 1. The molecule has 2 aliphatic carbocycles. The minimum absolute atomic E-state index is 0.0251. The van der Waals surface area contributed by atoms with Crippen LogP contribution in [0.3, 0.4) is 0 Å². The summed E-state index contributed by atoms with van der Waals surface area (Å²) in [7, 11) is 0. The number of nitrogens with zero attached hydrogens (tertiary/aromatic N) is 3. The van der Waals surface area contributed by atoms with Crippen LogP contribution in [0.5, 0.6) is 0 Å². The quantitative estimate of drug-likeness (QED) is 0.639. The highest BCUT2D eigenvalue weighted by atomic mass is 19.4. The number of anilines is 1. The molecule has 0 spiro atoms. The molecule has 180 valence electrons. The molecule has 1 heterocycles. The van der Waals surface area contributed by atoms with Crippen LogP contribution >= 0.6 is 0 Å². The maximum Gasteiger partial charge on any atom is 0.416 e. The van der Waals surface area contributed by atoms with E-state index in [2.05, 4.69) is 16.3 Å². The first-order valence-corrected chi connectivity index (χ1v) is 11.8. The average Bonchev–Trinajstić information content (AvgIpc) is 3.59. The molecule has 9 heteroatoms. The van der Waals surface area contributed by atoms with Crippen molar-refractivity contribution >= 4 is 11.6 Å². The Hall–Kier alpha value is -2.34. The van der Waals surface area contributed by atoms with E-state index >= 15 is 0 Å². The Morgan fingerprint density at radius 2 is 1.82 bits per heavy atom. The van der Waals surface area contributed by atoms with Gasteiger partial charge in [-0.1, -0.05) is 0 Å². The Kier molecular flexibility index (Phi) is 7.13. The molecular weight excluding hydrogens is 436 g/mol. The molecule has 0 aromatic heterocycles. The third kappa shape index (κ3) is 5.97. The summed E-state index contributed by atoms with van der Waals surface area (Å²) in [4.78, 5) is 16.1. The molecule has 2 unspecified atom stereocenters. The number of piperazine rings is 1. The summed E-state index contributed by atoms with van der Waals surface area (Å²) in [5.41, 5.74) is -0.799. The molecule has 1 aromatic rings. The third-order valence-corrected chi connectivity index (χ3v) is 7.33. The maximum absolute atomic E-state index is 14.2. The normalized spacial score (nSPS) is 28.3. The molecule has 3 aliphatic rings. The topological polar surface area (TPSA) is 59.4 Å². The molecule has 0 bridgehead atoms. The van der Waals surface area contributed by atoms with Gasteiger partial charge in [0, 0.05) is 32.2 Å². The Morgan fingerprint density at radius 1 is 1.12 bits per heavy atom. The number of hydrogen-bond donors (Lipinski definition) is 1. The summed E-state index contributed by atoms with van der Waals surface area (Å²) in [5.74, 6) is -0.210. The van der Waals surface area contributed by atoms with Crippen molar-refractivity contribution in [2.75, 3.05) is 37.6 Å². The van der Waals surface area contributed by atoms with Crippen LogP contribution in [0.4, 0.5) is 23.2 Å². The molecule has 1 amide bonds. The number of nitrogens with one attached hydrogen (secondary N) is 1. The third-order valence-electron chi connectivity index (χ3n) is 7.33.